The van der Waals surface area contributed by atoms with E-state index >= 15 is 0 Å². The maximum atomic E-state index is 11.2. The van der Waals surface area contributed by atoms with Crippen molar-refractivity contribution in [2.45, 2.75) is 26.7 Å². The molecular formula is C9H10Cl2O2. The Balaban J connectivity index is 3.19. The van der Waals surface area contributed by atoms with Crippen molar-refractivity contribution in [2.75, 3.05) is 0 Å². The van der Waals surface area contributed by atoms with E-state index in [2.05, 4.69) is 0 Å². The second-order valence-electron chi connectivity index (χ2n) is 3.76. The van der Waals surface area contributed by atoms with Crippen molar-refractivity contribution in [3.63, 3.8) is 0 Å². The number of hydrogen-bond donors (Lipinski definition) is 0. The van der Waals surface area contributed by atoms with E-state index in [9.17, 15) is 9.59 Å². The Morgan fingerprint density at radius 1 is 1.23 bits per heavy atom. The predicted molar refractivity (Wildman–Crippen MR) is 51.8 cm³/mol. The molecule has 0 N–H and O–H groups in total. The summed E-state index contributed by atoms with van der Waals surface area (Å²) in [7, 11) is 0. The van der Waals surface area contributed by atoms with Crippen LogP contribution in [0.5, 0.6) is 0 Å². The van der Waals surface area contributed by atoms with Crippen LogP contribution in [0.2, 0.25) is 0 Å². The van der Waals surface area contributed by atoms with Gasteiger partial charge in [0, 0.05) is 16.9 Å². The topological polar surface area (TPSA) is 34.1 Å². The average Bonchev–Trinajstić information content (AvgIpc) is 2.13. The van der Waals surface area contributed by atoms with Gasteiger partial charge >= 0.3 is 0 Å². The van der Waals surface area contributed by atoms with Gasteiger partial charge in [-0.2, -0.15) is 0 Å². The Bertz CT molecular complexity index is 303. The maximum Gasteiger partial charge on any atom is 0.241 e. The van der Waals surface area contributed by atoms with Gasteiger partial charge in [-0.05, 0) is 6.42 Å². The van der Waals surface area contributed by atoms with Crippen LogP contribution in [0.3, 0.4) is 0 Å². The first kappa shape index (κ1) is 10.7. The highest BCUT2D eigenvalue weighted by Gasteiger charge is 2.34. The molecule has 4 heteroatoms. The van der Waals surface area contributed by atoms with Gasteiger partial charge in [0.15, 0.2) is 0 Å². The largest absolute Gasteiger partial charge is 0.290 e. The van der Waals surface area contributed by atoms with Crippen LogP contribution >= 0.6 is 23.2 Å². The van der Waals surface area contributed by atoms with Gasteiger partial charge in [-0.3, -0.25) is 9.59 Å². The Hall–Kier alpha value is -0.340. The molecule has 0 saturated heterocycles. The van der Waals surface area contributed by atoms with Crippen molar-refractivity contribution in [3.05, 3.63) is 10.1 Å². The SMILES string of the molecule is CC1(C)CCC(=O)C(=O)C(Cl)=C1Cl. The highest BCUT2D eigenvalue weighted by molar-refractivity contribution is 6.60. The number of rotatable bonds is 0. The molecule has 0 aromatic carbocycles. The number of halogens is 2. The normalized spacial score (nSPS) is 23.4. The standard InChI is InChI=1S/C9H10Cl2O2/c1-9(2)4-3-5(12)7(13)6(10)8(9)11/h3-4H2,1-2H3. The molecule has 0 atom stereocenters. The lowest BCUT2D eigenvalue weighted by molar-refractivity contribution is -0.134. The molecule has 1 rings (SSSR count). The van der Waals surface area contributed by atoms with Gasteiger partial charge in [0.25, 0.3) is 0 Å². The molecule has 0 aromatic rings. The van der Waals surface area contributed by atoms with Gasteiger partial charge < -0.3 is 0 Å². The second-order valence-corrected chi connectivity index (χ2v) is 4.52. The van der Waals surface area contributed by atoms with Crippen molar-refractivity contribution in [1.82, 2.24) is 0 Å². The Labute approximate surface area is 86.9 Å². The molecule has 0 heterocycles. The number of carbonyl (C=O) groups is 2. The molecule has 0 aromatic heterocycles. The van der Waals surface area contributed by atoms with Gasteiger partial charge in [0.2, 0.25) is 11.6 Å². The monoisotopic (exact) mass is 220 g/mol. The third kappa shape index (κ3) is 1.94. The minimum atomic E-state index is -0.655. The molecule has 0 unspecified atom stereocenters. The van der Waals surface area contributed by atoms with E-state index in [-0.39, 0.29) is 16.9 Å². The highest BCUT2D eigenvalue weighted by Crippen LogP contribution is 2.40. The van der Waals surface area contributed by atoms with Crippen LogP contribution in [0, 0.1) is 5.41 Å². The summed E-state index contributed by atoms with van der Waals surface area (Å²) in [6.07, 6.45) is 0.783. The van der Waals surface area contributed by atoms with Crippen LogP contribution < -0.4 is 0 Å². The molecule has 0 aliphatic heterocycles. The van der Waals surface area contributed by atoms with Crippen molar-refractivity contribution >= 4 is 34.8 Å². The fraction of sp³-hybridized carbons (Fsp3) is 0.556. The lowest BCUT2D eigenvalue weighted by atomic mass is 9.88. The van der Waals surface area contributed by atoms with Crippen molar-refractivity contribution in [2.24, 2.45) is 5.41 Å². The number of allylic oxidation sites excluding steroid dienone is 2. The van der Waals surface area contributed by atoms with E-state index in [1.165, 1.54) is 0 Å². The molecule has 0 saturated carbocycles. The Morgan fingerprint density at radius 3 is 2.31 bits per heavy atom. The Morgan fingerprint density at radius 2 is 1.77 bits per heavy atom. The van der Waals surface area contributed by atoms with E-state index in [0.717, 1.165) is 0 Å². The van der Waals surface area contributed by atoms with Crippen LogP contribution in [0.15, 0.2) is 10.1 Å². The Kier molecular flexibility index (Phi) is 2.83. The molecule has 0 spiro atoms. The third-order valence-corrected chi connectivity index (χ3v) is 3.37. The molecule has 0 amide bonds. The number of Topliss-reactive ketones (excluding diaryl/α,β-unsaturated/α-hetero) is 2. The lowest BCUT2D eigenvalue weighted by Gasteiger charge is -2.21. The van der Waals surface area contributed by atoms with Gasteiger partial charge in [-0.25, -0.2) is 0 Å². The first-order valence-electron chi connectivity index (χ1n) is 3.99. The number of hydrogen-bond acceptors (Lipinski definition) is 2. The lowest BCUT2D eigenvalue weighted by Crippen LogP contribution is -2.11. The van der Waals surface area contributed by atoms with Crippen LogP contribution in [-0.4, -0.2) is 11.6 Å². The molecule has 72 valence electrons. The van der Waals surface area contributed by atoms with E-state index in [0.29, 0.717) is 11.5 Å². The van der Waals surface area contributed by atoms with Crippen molar-refractivity contribution in [1.29, 1.82) is 0 Å². The van der Waals surface area contributed by atoms with Crippen LogP contribution in [-0.2, 0) is 9.59 Å². The van der Waals surface area contributed by atoms with Gasteiger partial charge in [-0.1, -0.05) is 37.0 Å². The fourth-order valence-corrected chi connectivity index (χ4v) is 1.71. The van der Waals surface area contributed by atoms with Crippen molar-refractivity contribution < 1.29 is 9.59 Å². The summed E-state index contributed by atoms with van der Waals surface area (Å²) in [5, 5.41) is 0.180. The van der Waals surface area contributed by atoms with Gasteiger partial charge in [0.05, 0.1) is 0 Å². The quantitative estimate of drug-likeness (QED) is 0.589. The van der Waals surface area contributed by atoms with E-state index in [4.69, 9.17) is 23.2 Å². The molecule has 2 nitrogen and oxygen atoms in total. The van der Waals surface area contributed by atoms with Crippen LogP contribution in [0.4, 0.5) is 0 Å². The summed E-state index contributed by atoms with van der Waals surface area (Å²) < 4.78 is 0. The zero-order valence-corrected chi connectivity index (χ0v) is 9.00. The molecule has 0 radical (unpaired) electrons. The zero-order valence-electron chi connectivity index (χ0n) is 7.49. The second kappa shape index (κ2) is 3.43. The van der Waals surface area contributed by atoms with Gasteiger partial charge in [0.1, 0.15) is 5.03 Å². The molecule has 13 heavy (non-hydrogen) atoms. The molecule has 1 aliphatic rings. The number of carbonyl (C=O) groups excluding carboxylic acids is 2. The first-order valence-corrected chi connectivity index (χ1v) is 4.75. The molecule has 0 bridgehead atoms. The molecule has 1 aliphatic carbocycles. The van der Waals surface area contributed by atoms with E-state index in [1.54, 1.807) is 0 Å². The average molecular weight is 221 g/mol. The summed E-state index contributed by atoms with van der Waals surface area (Å²) in [4.78, 5) is 22.4. The zero-order chi connectivity index (χ0) is 10.2. The summed E-state index contributed by atoms with van der Waals surface area (Å²) in [6, 6.07) is 0. The van der Waals surface area contributed by atoms with Crippen LogP contribution in [0.25, 0.3) is 0 Å². The van der Waals surface area contributed by atoms with E-state index in [1.807, 2.05) is 13.8 Å². The maximum absolute atomic E-state index is 11.2. The molecular weight excluding hydrogens is 211 g/mol. The first-order chi connectivity index (χ1) is 5.86. The minimum absolute atomic E-state index is 0.117. The summed E-state index contributed by atoms with van der Waals surface area (Å²) in [6.45, 7) is 3.73. The smallest absolute Gasteiger partial charge is 0.241 e. The minimum Gasteiger partial charge on any atom is -0.290 e. The third-order valence-electron chi connectivity index (χ3n) is 2.22. The fourth-order valence-electron chi connectivity index (χ4n) is 1.17. The summed E-state index contributed by atoms with van der Waals surface area (Å²) >= 11 is 11.6. The van der Waals surface area contributed by atoms with E-state index < -0.39 is 11.6 Å². The predicted octanol–water partition coefficient (Wildman–Crippen LogP) is 2.63. The summed E-state index contributed by atoms with van der Waals surface area (Å²) in [5.41, 5.74) is -0.375. The molecule has 0 fully saturated rings. The van der Waals surface area contributed by atoms with Crippen molar-refractivity contribution in [3.8, 4) is 0 Å². The summed E-state index contributed by atoms with van der Waals surface area (Å²) in [5.74, 6) is -1.11. The highest BCUT2D eigenvalue weighted by atomic mass is 35.5. The van der Waals surface area contributed by atoms with Crippen LogP contribution in [0.1, 0.15) is 26.7 Å². The van der Waals surface area contributed by atoms with Gasteiger partial charge in [-0.15, -0.1) is 0 Å². The number of ketones is 2.